The summed E-state index contributed by atoms with van der Waals surface area (Å²) >= 11 is 0. The number of aromatic nitrogens is 3. The van der Waals surface area contributed by atoms with Crippen molar-refractivity contribution in [1.82, 2.24) is 19.7 Å². The Balaban J connectivity index is 1.52. The molecule has 0 spiro atoms. The van der Waals surface area contributed by atoms with Gasteiger partial charge in [0, 0.05) is 24.4 Å². The molecule has 3 heterocycles. The molecule has 0 saturated heterocycles. The van der Waals surface area contributed by atoms with Crippen molar-refractivity contribution in [2.45, 2.75) is 25.9 Å². The van der Waals surface area contributed by atoms with Crippen molar-refractivity contribution in [3.05, 3.63) is 64.6 Å². The van der Waals surface area contributed by atoms with E-state index in [-0.39, 0.29) is 18.3 Å². The van der Waals surface area contributed by atoms with Crippen LogP contribution in [0.15, 0.2) is 53.5 Å². The summed E-state index contributed by atoms with van der Waals surface area (Å²) in [7, 11) is 1.62. The van der Waals surface area contributed by atoms with Crippen molar-refractivity contribution in [2.24, 2.45) is 7.05 Å². The lowest BCUT2D eigenvalue weighted by molar-refractivity contribution is -0.124. The summed E-state index contributed by atoms with van der Waals surface area (Å²) in [5.74, 6) is 1.23. The van der Waals surface area contributed by atoms with Gasteiger partial charge in [-0.3, -0.25) is 9.59 Å². The molecule has 31 heavy (non-hydrogen) atoms. The second-order valence-corrected chi connectivity index (χ2v) is 7.55. The normalized spacial score (nSPS) is 13.6. The maximum absolute atomic E-state index is 13.3. The van der Waals surface area contributed by atoms with Crippen LogP contribution in [-0.2, 0) is 18.4 Å². The molecule has 8 nitrogen and oxygen atoms in total. The highest BCUT2D eigenvalue weighted by Gasteiger charge is 2.25. The quantitative estimate of drug-likeness (QED) is 0.539. The van der Waals surface area contributed by atoms with E-state index in [4.69, 9.17) is 9.47 Å². The number of ether oxygens (including phenoxy) is 2. The molecule has 0 fully saturated rings. The van der Waals surface area contributed by atoms with Crippen molar-refractivity contribution in [2.75, 3.05) is 6.79 Å². The molecule has 1 unspecified atom stereocenters. The molecule has 1 amide bonds. The molecular weight excluding hydrogens is 396 g/mol. The van der Waals surface area contributed by atoms with Crippen LogP contribution in [-0.4, -0.2) is 27.0 Å². The fourth-order valence-corrected chi connectivity index (χ4v) is 4.16. The number of fused-ring (bicyclic) bond motifs is 4. The fourth-order valence-electron chi connectivity index (χ4n) is 4.16. The van der Waals surface area contributed by atoms with Crippen molar-refractivity contribution >= 4 is 27.7 Å². The Labute approximate surface area is 178 Å². The molecule has 0 radical (unpaired) electrons. The van der Waals surface area contributed by atoms with E-state index in [1.54, 1.807) is 13.2 Å². The number of para-hydroxylation sites is 1. The predicted octanol–water partition coefficient (Wildman–Crippen LogP) is 2.88. The van der Waals surface area contributed by atoms with Gasteiger partial charge in [0.05, 0.1) is 11.7 Å². The van der Waals surface area contributed by atoms with Gasteiger partial charge in [0.1, 0.15) is 11.6 Å². The summed E-state index contributed by atoms with van der Waals surface area (Å²) in [5, 5.41) is 8.84. The molecule has 158 valence electrons. The highest BCUT2D eigenvalue weighted by atomic mass is 16.7. The van der Waals surface area contributed by atoms with Gasteiger partial charge in [-0.1, -0.05) is 31.2 Å². The summed E-state index contributed by atoms with van der Waals surface area (Å²) in [5.41, 5.74) is 2.02. The van der Waals surface area contributed by atoms with Gasteiger partial charge in [0.2, 0.25) is 12.7 Å². The lowest BCUT2D eigenvalue weighted by Gasteiger charge is -2.19. The van der Waals surface area contributed by atoms with E-state index in [0.29, 0.717) is 30.0 Å². The second kappa shape index (κ2) is 7.46. The zero-order valence-electron chi connectivity index (χ0n) is 17.3. The molecule has 8 heteroatoms. The van der Waals surface area contributed by atoms with E-state index in [0.717, 1.165) is 21.9 Å². The Hall–Kier alpha value is -3.81. The Morgan fingerprint density at radius 1 is 1.16 bits per heavy atom. The van der Waals surface area contributed by atoms with E-state index in [1.165, 1.54) is 4.68 Å². The van der Waals surface area contributed by atoms with Crippen LogP contribution in [0.1, 0.15) is 24.9 Å². The number of aryl methyl sites for hydroxylation is 1. The zero-order chi connectivity index (χ0) is 21.5. The number of carbonyl (C=O) groups excluding carboxylic acids is 1. The van der Waals surface area contributed by atoms with Gasteiger partial charge in [-0.2, -0.15) is 5.10 Å². The van der Waals surface area contributed by atoms with Crippen LogP contribution in [0, 0.1) is 0 Å². The third-order valence-electron chi connectivity index (χ3n) is 5.71. The van der Waals surface area contributed by atoms with Crippen LogP contribution in [0.5, 0.6) is 11.5 Å². The van der Waals surface area contributed by atoms with Crippen LogP contribution in [0.4, 0.5) is 0 Å². The first-order valence-corrected chi connectivity index (χ1v) is 10.2. The minimum atomic E-state index is -0.536. The number of carbonyl (C=O) groups is 1. The van der Waals surface area contributed by atoms with E-state index in [9.17, 15) is 9.59 Å². The van der Waals surface area contributed by atoms with Crippen molar-refractivity contribution in [3.63, 3.8) is 0 Å². The molecule has 1 aliphatic heterocycles. The summed E-state index contributed by atoms with van der Waals surface area (Å²) in [4.78, 5) is 26.2. The average molecular weight is 418 g/mol. The molecule has 0 saturated carbocycles. The first kappa shape index (κ1) is 19.2. The van der Waals surface area contributed by atoms with E-state index < -0.39 is 6.04 Å². The molecule has 4 aromatic rings. The Morgan fingerprint density at radius 3 is 2.81 bits per heavy atom. The SMILES string of the molecule is CCC(C(=O)NCc1ccc2c(c1)OCO2)n1c2ccccc2c2cnn(C)c(=O)c21. The van der Waals surface area contributed by atoms with Crippen LogP contribution in [0.3, 0.4) is 0 Å². The van der Waals surface area contributed by atoms with E-state index in [2.05, 4.69) is 10.4 Å². The second-order valence-electron chi connectivity index (χ2n) is 7.55. The van der Waals surface area contributed by atoms with E-state index >= 15 is 0 Å². The molecule has 2 aromatic heterocycles. The largest absolute Gasteiger partial charge is 0.454 e. The van der Waals surface area contributed by atoms with Gasteiger partial charge in [-0.05, 0) is 30.2 Å². The number of amides is 1. The smallest absolute Gasteiger partial charge is 0.291 e. The number of hydrogen-bond donors (Lipinski definition) is 1. The topological polar surface area (TPSA) is 87.4 Å². The number of rotatable bonds is 5. The third kappa shape index (κ3) is 3.11. The number of benzene rings is 2. The first-order valence-electron chi connectivity index (χ1n) is 10.2. The van der Waals surface area contributed by atoms with Gasteiger partial charge in [-0.25, -0.2) is 4.68 Å². The highest BCUT2D eigenvalue weighted by molar-refractivity contribution is 6.08. The lowest BCUT2D eigenvalue weighted by atomic mass is 10.1. The summed E-state index contributed by atoms with van der Waals surface area (Å²) in [6.07, 6.45) is 2.22. The third-order valence-corrected chi connectivity index (χ3v) is 5.71. The maximum Gasteiger partial charge on any atom is 0.291 e. The molecule has 5 rings (SSSR count). The van der Waals surface area contributed by atoms with Crippen LogP contribution < -0.4 is 20.3 Å². The van der Waals surface area contributed by atoms with Crippen LogP contribution in [0.2, 0.25) is 0 Å². The molecule has 0 bridgehead atoms. The van der Waals surface area contributed by atoms with Gasteiger partial charge in [0.25, 0.3) is 5.56 Å². The molecular formula is C23H22N4O4. The number of hydrogen-bond acceptors (Lipinski definition) is 5. The fraction of sp³-hybridized carbons (Fsp3) is 0.261. The molecule has 1 N–H and O–H groups in total. The van der Waals surface area contributed by atoms with Crippen molar-refractivity contribution in [3.8, 4) is 11.5 Å². The molecule has 1 aliphatic rings. The Bertz CT molecular complexity index is 1370. The maximum atomic E-state index is 13.3. The van der Waals surface area contributed by atoms with Crippen LogP contribution >= 0.6 is 0 Å². The number of nitrogens with one attached hydrogen (secondary N) is 1. The van der Waals surface area contributed by atoms with Gasteiger partial charge >= 0.3 is 0 Å². The highest BCUT2D eigenvalue weighted by Crippen LogP contribution is 2.33. The molecule has 1 atom stereocenters. The summed E-state index contributed by atoms with van der Waals surface area (Å²) in [6, 6.07) is 12.8. The Kier molecular flexibility index (Phi) is 4.62. The van der Waals surface area contributed by atoms with E-state index in [1.807, 2.05) is 54.0 Å². The lowest BCUT2D eigenvalue weighted by Crippen LogP contribution is -2.33. The Morgan fingerprint density at radius 2 is 1.97 bits per heavy atom. The molecule has 2 aromatic carbocycles. The van der Waals surface area contributed by atoms with Gasteiger partial charge in [-0.15, -0.1) is 0 Å². The first-order chi connectivity index (χ1) is 15.1. The van der Waals surface area contributed by atoms with Crippen molar-refractivity contribution < 1.29 is 14.3 Å². The predicted molar refractivity (Wildman–Crippen MR) is 116 cm³/mol. The monoisotopic (exact) mass is 418 g/mol. The minimum Gasteiger partial charge on any atom is -0.454 e. The minimum absolute atomic E-state index is 0.151. The van der Waals surface area contributed by atoms with Crippen molar-refractivity contribution in [1.29, 1.82) is 0 Å². The summed E-state index contributed by atoms with van der Waals surface area (Å²) in [6.45, 7) is 2.50. The molecule has 0 aliphatic carbocycles. The standard InChI is InChI=1S/C23H22N4O4/c1-3-17(22(28)24-11-14-8-9-19-20(10-14)31-13-30-19)27-18-7-5-4-6-15(18)16-12-25-26(2)23(29)21(16)27/h4-10,12,17H,3,11,13H2,1-2H3,(H,24,28). The average Bonchev–Trinajstić information content (AvgIpc) is 3.38. The van der Waals surface area contributed by atoms with Crippen LogP contribution in [0.25, 0.3) is 21.8 Å². The summed E-state index contributed by atoms with van der Waals surface area (Å²) < 4.78 is 13.9. The number of nitrogens with zero attached hydrogens (tertiary/aromatic N) is 3. The zero-order valence-corrected chi connectivity index (χ0v) is 17.3. The van der Waals surface area contributed by atoms with Gasteiger partial charge in [0.15, 0.2) is 11.5 Å². The van der Waals surface area contributed by atoms with Gasteiger partial charge < -0.3 is 19.4 Å².